The molecular formula is C8H8F3IO4S. The maximum atomic E-state index is 10.7. The molecule has 1 aromatic rings. The van der Waals surface area contributed by atoms with Crippen molar-refractivity contribution in [2.75, 3.05) is 7.11 Å². The Hall–Kier alpha value is -0.550. The van der Waals surface area contributed by atoms with Gasteiger partial charge in [0, 0.05) is 0 Å². The fraction of sp³-hybridized carbons (Fsp3) is 0.250. The molecule has 4 nitrogen and oxygen atoms in total. The largest absolute Gasteiger partial charge is 0.741 e. The van der Waals surface area contributed by atoms with Crippen LogP contribution in [0.2, 0.25) is 0 Å². The van der Waals surface area contributed by atoms with Crippen LogP contribution in [0.1, 0.15) is 0 Å². The Morgan fingerprint density at radius 1 is 1.24 bits per heavy atom. The molecule has 1 rings (SSSR count). The first-order chi connectivity index (χ1) is 7.58. The number of alkyl halides is 3. The standard InChI is InChI=1S/C7H8IO.CHF3O3S/c1-9-7-4-2-6(8)3-5-7;2-1(3,4)8(5,6)7/h2-5,8H,1H3;(H,5,6,7)/q+1;/p-1. The topological polar surface area (TPSA) is 66.4 Å². The molecule has 0 spiro atoms. The monoisotopic (exact) mass is 384 g/mol. The smallest absolute Gasteiger partial charge is 0.485 e. The van der Waals surface area contributed by atoms with Crippen LogP contribution in [0.3, 0.4) is 0 Å². The normalized spacial score (nSPS) is 11.4. The Labute approximate surface area is 110 Å². The highest BCUT2D eigenvalue weighted by Gasteiger charge is 2.36. The minimum absolute atomic E-state index is 0.919. The molecule has 0 amide bonds. The van der Waals surface area contributed by atoms with Crippen molar-refractivity contribution in [3.8, 4) is 5.75 Å². The molecule has 0 N–H and O–H groups in total. The summed E-state index contributed by atoms with van der Waals surface area (Å²) in [7, 11) is -4.42. The van der Waals surface area contributed by atoms with E-state index in [1.54, 1.807) is 7.11 Å². The van der Waals surface area contributed by atoms with Crippen molar-refractivity contribution in [3.63, 3.8) is 0 Å². The van der Waals surface area contributed by atoms with Crippen LogP contribution in [-0.2, 0) is 10.1 Å². The van der Waals surface area contributed by atoms with Crippen LogP contribution in [0.25, 0.3) is 0 Å². The van der Waals surface area contributed by atoms with E-state index in [0.717, 1.165) is 5.75 Å². The molecule has 0 heterocycles. The minimum atomic E-state index is -6.09. The van der Waals surface area contributed by atoms with Crippen LogP contribution in [0.4, 0.5) is 13.2 Å². The van der Waals surface area contributed by atoms with Crippen LogP contribution in [0.15, 0.2) is 24.3 Å². The van der Waals surface area contributed by atoms with Gasteiger partial charge in [-0.05, 0) is 24.3 Å². The predicted octanol–water partition coefficient (Wildman–Crippen LogP) is -1.80. The molecule has 0 bridgehead atoms. The summed E-state index contributed by atoms with van der Waals surface area (Å²) in [5.74, 6) is 0.919. The Balaban J connectivity index is 0.000000304. The maximum Gasteiger partial charge on any atom is 0.485 e. The van der Waals surface area contributed by atoms with Gasteiger partial charge >= 0.3 is 5.51 Å². The number of benzene rings is 1. The van der Waals surface area contributed by atoms with Gasteiger partial charge in [-0.25, -0.2) is 8.42 Å². The summed E-state index contributed by atoms with van der Waals surface area (Å²) in [5, 5.41) is 0. The summed E-state index contributed by atoms with van der Waals surface area (Å²) in [6.45, 7) is 0. The highest BCUT2D eigenvalue weighted by molar-refractivity contribution is 7.86. The Kier molecular flexibility index (Phi) is 6.19. The maximum absolute atomic E-state index is 10.7. The zero-order chi connectivity index (χ0) is 13.7. The molecular weight excluding hydrogens is 376 g/mol. The van der Waals surface area contributed by atoms with Crippen LogP contribution >= 0.6 is 0 Å². The van der Waals surface area contributed by atoms with Gasteiger partial charge in [-0.15, -0.1) is 0 Å². The third-order valence-electron chi connectivity index (χ3n) is 1.34. The number of methoxy groups -OCH3 is 1. The molecule has 0 aliphatic heterocycles. The van der Waals surface area contributed by atoms with E-state index < -0.39 is 15.6 Å². The molecule has 9 heteroatoms. The first kappa shape index (κ1) is 16.4. The van der Waals surface area contributed by atoms with Crippen LogP contribution in [0.5, 0.6) is 5.75 Å². The number of halogens is 4. The lowest BCUT2D eigenvalue weighted by molar-refractivity contribution is -0.328. The summed E-state index contributed by atoms with van der Waals surface area (Å²) in [6.07, 6.45) is 0. The van der Waals surface area contributed by atoms with Gasteiger partial charge in [0.2, 0.25) is 0 Å². The van der Waals surface area contributed by atoms with E-state index in [9.17, 15) is 13.2 Å². The van der Waals surface area contributed by atoms with Gasteiger partial charge in [-0.2, -0.15) is 13.2 Å². The van der Waals surface area contributed by atoms with E-state index in [4.69, 9.17) is 17.7 Å². The van der Waals surface area contributed by atoms with Crippen molar-refractivity contribution in [2.45, 2.75) is 5.51 Å². The van der Waals surface area contributed by atoms with Crippen molar-refractivity contribution in [2.24, 2.45) is 0 Å². The Morgan fingerprint density at radius 2 is 1.59 bits per heavy atom. The van der Waals surface area contributed by atoms with E-state index >= 15 is 0 Å². The van der Waals surface area contributed by atoms with E-state index in [-0.39, 0.29) is 0 Å². The Morgan fingerprint density at radius 3 is 1.82 bits per heavy atom. The predicted molar refractivity (Wildman–Crippen MR) is 48.8 cm³/mol. The van der Waals surface area contributed by atoms with Crippen LogP contribution < -0.4 is 27.3 Å². The van der Waals surface area contributed by atoms with Crippen molar-refractivity contribution < 1.29 is 53.5 Å². The summed E-state index contributed by atoms with van der Waals surface area (Å²) >= 11 is 1.99. The lowest BCUT2D eigenvalue weighted by Gasteiger charge is -2.08. The van der Waals surface area contributed by atoms with Gasteiger partial charge in [0.1, 0.15) is 5.75 Å². The molecule has 0 atom stereocenters. The number of hydrogen-bond acceptors (Lipinski definition) is 4. The molecule has 0 aromatic heterocycles. The SMILES string of the molecule is COc1ccc([IH+])cc1.O=S(=O)([O-])C(F)(F)F. The molecule has 0 saturated heterocycles. The minimum Gasteiger partial charge on any atom is -0.741 e. The van der Waals surface area contributed by atoms with Gasteiger partial charge in [0.15, 0.2) is 13.7 Å². The lowest BCUT2D eigenvalue weighted by Crippen LogP contribution is -3.34. The third kappa shape index (κ3) is 6.68. The average Bonchev–Trinajstić information content (AvgIpc) is 2.17. The van der Waals surface area contributed by atoms with E-state index in [2.05, 4.69) is 0 Å². The van der Waals surface area contributed by atoms with Crippen molar-refractivity contribution in [1.82, 2.24) is 0 Å². The first-order valence-corrected chi connectivity index (χ1v) is 6.48. The third-order valence-corrected chi connectivity index (χ3v) is 2.69. The van der Waals surface area contributed by atoms with E-state index in [1.165, 1.54) is 3.57 Å². The number of hydrogen-bond donors (Lipinski definition) is 0. The molecule has 98 valence electrons. The van der Waals surface area contributed by atoms with Gasteiger partial charge < -0.3 is 9.29 Å². The Bertz CT molecular complexity index is 441. The molecule has 0 aliphatic rings. The zero-order valence-corrected chi connectivity index (χ0v) is 11.5. The molecule has 1 aromatic carbocycles. The second-order valence-electron chi connectivity index (χ2n) is 2.58. The quantitative estimate of drug-likeness (QED) is 0.326. The number of ether oxygens (including phenoxy) is 1. The van der Waals surface area contributed by atoms with Gasteiger partial charge in [0.25, 0.3) is 22.6 Å². The van der Waals surface area contributed by atoms with E-state index in [1.807, 2.05) is 46.9 Å². The van der Waals surface area contributed by atoms with Gasteiger partial charge in [-0.1, -0.05) is 0 Å². The number of rotatable bonds is 1. The van der Waals surface area contributed by atoms with Crippen molar-refractivity contribution in [1.29, 1.82) is 0 Å². The lowest BCUT2D eigenvalue weighted by atomic mass is 10.3. The first-order valence-electron chi connectivity index (χ1n) is 3.91. The van der Waals surface area contributed by atoms with Gasteiger partial charge in [-0.3, -0.25) is 0 Å². The molecule has 0 unspecified atom stereocenters. The zero-order valence-electron chi connectivity index (χ0n) is 8.39. The molecule has 0 saturated carbocycles. The fourth-order valence-electron chi connectivity index (χ4n) is 0.576. The fourth-order valence-corrected chi connectivity index (χ4v) is 0.964. The van der Waals surface area contributed by atoms with Crippen molar-refractivity contribution in [3.05, 3.63) is 27.8 Å². The van der Waals surface area contributed by atoms with Crippen LogP contribution in [-0.4, -0.2) is 25.6 Å². The molecule has 17 heavy (non-hydrogen) atoms. The highest BCUT2D eigenvalue weighted by atomic mass is 127. The van der Waals surface area contributed by atoms with Gasteiger partial charge in [0.05, 0.1) is 7.11 Å². The summed E-state index contributed by atoms with van der Waals surface area (Å²) in [5.41, 5.74) is -5.65. The van der Waals surface area contributed by atoms with Crippen LogP contribution in [0, 0.1) is 3.57 Å². The molecule has 0 aliphatic carbocycles. The highest BCUT2D eigenvalue weighted by Crippen LogP contribution is 2.20. The summed E-state index contributed by atoms with van der Waals surface area (Å²) in [4.78, 5) is 0. The molecule has 0 radical (unpaired) electrons. The van der Waals surface area contributed by atoms with Crippen molar-refractivity contribution >= 4 is 10.1 Å². The second-order valence-corrected chi connectivity index (χ2v) is 5.29. The summed E-state index contributed by atoms with van der Waals surface area (Å²) in [6, 6.07) is 7.97. The van der Waals surface area contributed by atoms with E-state index in [0.29, 0.717) is 0 Å². The molecule has 0 fully saturated rings. The average molecular weight is 384 g/mol. The second kappa shape index (κ2) is 6.40. The summed E-state index contributed by atoms with van der Waals surface area (Å²) < 4.78 is 65.1.